The van der Waals surface area contributed by atoms with Crippen molar-refractivity contribution in [2.45, 2.75) is 37.8 Å². The number of benzene rings is 2. The fourth-order valence-corrected chi connectivity index (χ4v) is 6.86. The number of carbonyl (C=O) groups is 3. The van der Waals surface area contributed by atoms with E-state index < -0.39 is 17.4 Å². The SMILES string of the molecule is CCc1ccc2c(c1)C1(C(=O)N2)C2C(=O)N(c3ccc(Cl)cc3Cl)C(=O)C2C2CCCN21. The van der Waals surface area contributed by atoms with Crippen LogP contribution in [0.2, 0.25) is 10.0 Å². The second-order valence-electron chi connectivity index (χ2n) is 8.97. The van der Waals surface area contributed by atoms with Crippen molar-refractivity contribution in [1.29, 1.82) is 0 Å². The number of halogens is 2. The Hall–Kier alpha value is -2.41. The van der Waals surface area contributed by atoms with Gasteiger partial charge in [-0.2, -0.15) is 0 Å². The highest BCUT2D eigenvalue weighted by Crippen LogP contribution is 2.61. The summed E-state index contributed by atoms with van der Waals surface area (Å²) in [4.78, 5) is 44.6. The zero-order valence-electron chi connectivity index (χ0n) is 17.4. The van der Waals surface area contributed by atoms with Gasteiger partial charge in [0.2, 0.25) is 17.7 Å². The van der Waals surface area contributed by atoms with Gasteiger partial charge in [-0.05, 0) is 55.6 Å². The van der Waals surface area contributed by atoms with Crippen molar-refractivity contribution in [1.82, 2.24) is 4.90 Å². The molecular weight excluding hydrogens is 449 g/mol. The van der Waals surface area contributed by atoms with E-state index in [9.17, 15) is 14.4 Å². The molecule has 6 rings (SSSR count). The molecule has 2 aromatic rings. The van der Waals surface area contributed by atoms with Gasteiger partial charge in [0.15, 0.2) is 0 Å². The molecule has 0 bridgehead atoms. The van der Waals surface area contributed by atoms with E-state index >= 15 is 0 Å². The predicted octanol–water partition coefficient (Wildman–Crippen LogP) is 3.99. The second kappa shape index (κ2) is 6.80. The van der Waals surface area contributed by atoms with Crippen LogP contribution < -0.4 is 10.2 Å². The Bertz CT molecular complexity index is 1210. The van der Waals surface area contributed by atoms with Crippen LogP contribution in [0.3, 0.4) is 0 Å². The maximum atomic E-state index is 13.9. The smallest absolute Gasteiger partial charge is 0.250 e. The summed E-state index contributed by atoms with van der Waals surface area (Å²) in [5.41, 5.74) is 1.77. The summed E-state index contributed by atoms with van der Waals surface area (Å²) >= 11 is 12.4. The number of nitrogens with zero attached hydrogens (tertiary/aromatic N) is 2. The predicted molar refractivity (Wildman–Crippen MR) is 122 cm³/mol. The minimum Gasteiger partial charge on any atom is -0.324 e. The topological polar surface area (TPSA) is 69.7 Å². The van der Waals surface area contributed by atoms with Crippen LogP contribution in [0.25, 0.3) is 0 Å². The molecule has 3 saturated heterocycles. The molecule has 1 N–H and O–H groups in total. The molecule has 0 aromatic heterocycles. The number of nitrogens with one attached hydrogen (secondary N) is 1. The summed E-state index contributed by atoms with van der Waals surface area (Å²) in [5, 5.41) is 3.67. The van der Waals surface area contributed by atoms with Gasteiger partial charge in [-0.15, -0.1) is 0 Å². The molecule has 0 aliphatic carbocycles. The summed E-state index contributed by atoms with van der Waals surface area (Å²) in [5.74, 6) is -2.25. The monoisotopic (exact) mass is 469 g/mol. The largest absolute Gasteiger partial charge is 0.324 e. The van der Waals surface area contributed by atoms with E-state index in [0.717, 1.165) is 36.1 Å². The van der Waals surface area contributed by atoms with Crippen LogP contribution in [0, 0.1) is 11.8 Å². The molecule has 4 aliphatic heterocycles. The van der Waals surface area contributed by atoms with Crippen molar-refractivity contribution in [3.63, 3.8) is 0 Å². The molecule has 3 amide bonds. The first-order valence-corrected chi connectivity index (χ1v) is 11.7. The van der Waals surface area contributed by atoms with Crippen LogP contribution in [0.15, 0.2) is 36.4 Å². The number of imide groups is 1. The van der Waals surface area contributed by atoms with E-state index in [1.54, 1.807) is 12.1 Å². The number of carbonyl (C=O) groups excluding carboxylic acids is 3. The number of hydrogen-bond donors (Lipinski definition) is 1. The number of amides is 3. The quantitative estimate of drug-likeness (QED) is 0.675. The Balaban J connectivity index is 1.56. The van der Waals surface area contributed by atoms with Crippen LogP contribution in [0.5, 0.6) is 0 Å². The minimum absolute atomic E-state index is 0.158. The van der Waals surface area contributed by atoms with Crippen LogP contribution in [0.4, 0.5) is 11.4 Å². The zero-order valence-corrected chi connectivity index (χ0v) is 18.9. The Morgan fingerprint density at radius 3 is 2.66 bits per heavy atom. The molecule has 8 heteroatoms. The fraction of sp³-hybridized carbons (Fsp3) is 0.375. The van der Waals surface area contributed by atoms with Crippen molar-refractivity contribution < 1.29 is 14.4 Å². The molecule has 164 valence electrons. The number of fused-ring (bicyclic) bond motifs is 7. The molecule has 4 atom stereocenters. The van der Waals surface area contributed by atoms with Gasteiger partial charge >= 0.3 is 0 Å². The first kappa shape index (κ1) is 20.2. The molecule has 32 heavy (non-hydrogen) atoms. The third-order valence-electron chi connectivity index (χ3n) is 7.62. The Morgan fingerprint density at radius 2 is 1.91 bits per heavy atom. The molecule has 4 heterocycles. The highest BCUT2D eigenvalue weighted by atomic mass is 35.5. The first-order chi connectivity index (χ1) is 15.4. The zero-order chi connectivity index (χ0) is 22.4. The lowest BCUT2D eigenvalue weighted by atomic mass is 9.75. The molecule has 0 saturated carbocycles. The molecule has 4 unspecified atom stereocenters. The van der Waals surface area contributed by atoms with Gasteiger partial charge in [0, 0.05) is 22.3 Å². The van der Waals surface area contributed by atoms with Gasteiger partial charge in [0.25, 0.3) is 0 Å². The molecule has 4 aliphatic rings. The van der Waals surface area contributed by atoms with Crippen LogP contribution in [0.1, 0.15) is 30.9 Å². The van der Waals surface area contributed by atoms with E-state index in [4.69, 9.17) is 23.2 Å². The number of aryl methyl sites for hydroxylation is 1. The van der Waals surface area contributed by atoms with Gasteiger partial charge in [-0.3, -0.25) is 19.3 Å². The maximum Gasteiger partial charge on any atom is 0.250 e. The Labute approximate surface area is 195 Å². The van der Waals surface area contributed by atoms with Crippen LogP contribution in [-0.2, 0) is 26.3 Å². The lowest BCUT2D eigenvalue weighted by molar-refractivity contribution is -0.135. The minimum atomic E-state index is -1.17. The maximum absolute atomic E-state index is 13.9. The van der Waals surface area contributed by atoms with Crippen molar-refractivity contribution in [3.8, 4) is 0 Å². The first-order valence-electron chi connectivity index (χ1n) is 10.9. The van der Waals surface area contributed by atoms with Gasteiger partial charge < -0.3 is 5.32 Å². The third kappa shape index (κ3) is 2.33. The third-order valence-corrected chi connectivity index (χ3v) is 8.15. The average molecular weight is 470 g/mol. The van der Waals surface area contributed by atoms with Crippen molar-refractivity contribution >= 4 is 52.3 Å². The lowest BCUT2D eigenvalue weighted by Crippen LogP contribution is -2.54. The van der Waals surface area contributed by atoms with Crippen LogP contribution in [-0.4, -0.2) is 35.2 Å². The summed E-state index contributed by atoms with van der Waals surface area (Å²) in [6.45, 7) is 2.74. The van der Waals surface area contributed by atoms with Gasteiger partial charge in [0.1, 0.15) is 5.54 Å². The molecule has 0 radical (unpaired) electrons. The average Bonchev–Trinajstić information content (AvgIpc) is 3.47. The van der Waals surface area contributed by atoms with Crippen molar-refractivity contribution in [2.75, 3.05) is 16.8 Å². The van der Waals surface area contributed by atoms with Crippen molar-refractivity contribution in [2.24, 2.45) is 11.8 Å². The highest BCUT2D eigenvalue weighted by Gasteiger charge is 2.74. The molecule has 1 spiro atoms. The van der Waals surface area contributed by atoms with E-state index in [2.05, 4.69) is 17.1 Å². The van der Waals surface area contributed by atoms with E-state index in [1.165, 1.54) is 11.0 Å². The highest BCUT2D eigenvalue weighted by molar-refractivity contribution is 6.38. The van der Waals surface area contributed by atoms with Gasteiger partial charge in [-0.25, -0.2) is 4.90 Å². The lowest BCUT2D eigenvalue weighted by Gasteiger charge is -2.36. The van der Waals surface area contributed by atoms with E-state index in [-0.39, 0.29) is 28.8 Å². The molecule has 2 aromatic carbocycles. The van der Waals surface area contributed by atoms with Crippen LogP contribution >= 0.6 is 23.2 Å². The Kier molecular flexibility index (Phi) is 4.29. The summed E-state index contributed by atoms with van der Waals surface area (Å²) in [7, 11) is 0. The summed E-state index contributed by atoms with van der Waals surface area (Å²) in [6.07, 6.45) is 2.48. The molecule has 3 fully saturated rings. The van der Waals surface area contributed by atoms with E-state index in [0.29, 0.717) is 17.3 Å². The summed E-state index contributed by atoms with van der Waals surface area (Å²) in [6, 6.07) is 10.5. The van der Waals surface area contributed by atoms with Gasteiger partial charge in [-0.1, -0.05) is 42.3 Å². The normalized spacial score (nSPS) is 30.8. The van der Waals surface area contributed by atoms with Gasteiger partial charge in [0.05, 0.1) is 22.5 Å². The number of rotatable bonds is 2. The number of hydrogen-bond acceptors (Lipinski definition) is 4. The second-order valence-corrected chi connectivity index (χ2v) is 9.81. The molecular formula is C24H21Cl2N3O3. The van der Waals surface area contributed by atoms with Crippen molar-refractivity contribution in [3.05, 3.63) is 57.6 Å². The fourth-order valence-electron chi connectivity index (χ4n) is 6.37. The standard InChI is InChI=1S/C24H21Cl2N3O3/c1-2-12-5-7-16-14(10-12)24(23(32)27-16)20-19(18-4-3-9-28(18)24)21(30)29(22(20)31)17-8-6-13(25)11-15(17)26/h5-8,10-11,18-20H,2-4,9H2,1H3,(H,27,32). The van der Waals surface area contributed by atoms with E-state index in [1.807, 2.05) is 18.2 Å². The Morgan fingerprint density at radius 1 is 1.09 bits per heavy atom. The summed E-state index contributed by atoms with van der Waals surface area (Å²) < 4.78 is 0. The molecule has 6 nitrogen and oxygen atoms in total. The number of anilines is 2.